The Morgan fingerprint density at radius 2 is 1.29 bits per heavy atom. The minimum atomic E-state index is -5.16. The molecule has 6 aromatic rings. The number of hydrogen-bond acceptors (Lipinski definition) is 8. The zero-order chi connectivity index (χ0) is 46.9. The van der Waals surface area contributed by atoms with Gasteiger partial charge in [-0.15, -0.1) is 10.2 Å². The molecule has 0 aliphatic carbocycles. The molecule has 17 heteroatoms. The van der Waals surface area contributed by atoms with E-state index in [4.69, 9.17) is 18.3 Å². The first-order valence-electron chi connectivity index (χ1n) is 21.0. The summed E-state index contributed by atoms with van der Waals surface area (Å²) in [5.41, 5.74) is -5.26. The third-order valence-corrected chi connectivity index (χ3v) is 16.1. The molecule has 0 spiro atoms. The fourth-order valence-corrected chi connectivity index (χ4v) is 12.5. The number of benzene rings is 4. The normalized spacial score (nSPS) is 13.8. The Labute approximate surface area is 374 Å². The predicted octanol–water partition coefficient (Wildman–Crippen LogP) is 11.7. The summed E-state index contributed by atoms with van der Waals surface area (Å²) in [5, 5.41) is 20.8. The summed E-state index contributed by atoms with van der Waals surface area (Å²) >= 11 is 0. The fourth-order valence-electron chi connectivity index (χ4n) is 7.79. The van der Waals surface area contributed by atoms with Gasteiger partial charge in [0.2, 0.25) is 11.5 Å². The van der Waals surface area contributed by atoms with Crippen LogP contribution in [0.2, 0.25) is 5.04 Å². The molecule has 0 radical (unpaired) electrons. The van der Waals surface area contributed by atoms with Crippen LogP contribution in [-0.2, 0) is 34.2 Å². The summed E-state index contributed by atoms with van der Waals surface area (Å²) in [4.78, 5) is 15.7. The molecule has 65 heavy (non-hydrogen) atoms. The minimum absolute atomic E-state index is 0.0280. The largest absolute Gasteiger partial charge is 0.472 e. The number of hydrogen-bond donors (Lipinski definition) is 2. The molecule has 10 nitrogen and oxygen atoms in total. The van der Waals surface area contributed by atoms with E-state index in [-0.39, 0.29) is 24.2 Å². The highest BCUT2D eigenvalue weighted by molar-refractivity contribution is 6.99. The van der Waals surface area contributed by atoms with Crippen LogP contribution >= 0.6 is 0 Å². The van der Waals surface area contributed by atoms with Gasteiger partial charge in [-0.1, -0.05) is 155 Å². The summed E-state index contributed by atoms with van der Waals surface area (Å²) in [7, 11) is -2.90. The number of aromatic nitrogens is 3. The SMILES string of the molecule is CC(CCCCC[C@@](OCc1ccccc1)(c1nnc(-c2nc(OCc3ccccc3)c(C(F)(F)F)cc2NC(=O)O)o1)C(F)(F)F)O[Si](c1ccccc1)(c1ccccc1)C(C)(C)C. The van der Waals surface area contributed by atoms with E-state index in [0.29, 0.717) is 36.5 Å². The first kappa shape index (κ1) is 48.4. The molecule has 2 aromatic heterocycles. The van der Waals surface area contributed by atoms with Crippen LogP contribution < -0.4 is 20.4 Å². The summed E-state index contributed by atoms with van der Waals surface area (Å²) in [6, 6.07) is 36.9. The van der Waals surface area contributed by atoms with E-state index >= 15 is 13.2 Å². The summed E-state index contributed by atoms with van der Waals surface area (Å²) in [5.74, 6) is -2.86. The van der Waals surface area contributed by atoms with Gasteiger partial charge >= 0.3 is 18.4 Å². The van der Waals surface area contributed by atoms with Crippen molar-refractivity contribution in [2.45, 2.75) is 102 Å². The van der Waals surface area contributed by atoms with Gasteiger partial charge in [0.15, 0.2) is 5.69 Å². The maximum Gasteiger partial charge on any atom is 0.426 e. The molecule has 0 saturated heterocycles. The number of nitrogens with one attached hydrogen (secondary N) is 1. The molecule has 2 N–H and O–H groups in total. The fraction of sp³-hybridized carbons (Fsp3) is 0.333. The molecule has 4 aromatic carbocycles. The van der Waals surface area contributed by atoms with Crippen molar-refractivity contribution in [3.05, 3.63) is 150 Å². The van der Waals surface area contributed by atoms with Gasteiger partial charge in [0.25, 0.3) is 20.1 Å². The number of nitrogens with zero attached hydrogens (tertiary/aromatic N) is 3. The number of ether oxygens (including phenoxy) is 2. The average molecular weight is 921 g/mol. The minimum Gasteiger partial charge on any atom is -0.472 e. The number of rotatable bonds is 19. The van der Waals surface area contributed by atoms with Crippen molar-refractivity contribution in [1.82, 2.24) is 15.2 Å². The van der Waals surface area contributed by atoms with Crippen LogP contribution in [0.3, 0.4) is 0 Å². The molecular weight excluding hydrogens is 871 g/mol. The second-order valence-corrected chi connectivity index (χ2v) is 20.9. The van der Waals surface area contributed by atoms with Gasteiger partial charge in [-0.25, -0.2) is 9.78 Å². The van der Waals surface area contributed by atoms with Gasteiger partial charge in [0, 0.05) is 6.10 Å². The third-order valence-electron chi connectivity index (χ3n) is 10.9. The van der Waals surface area contributed by atoms with Crippen LogP contribution in [0.4, 0.5) is 36.8 Å². The van der Waals surface area contributed by atoms with E-state index in [2.05, 4.69) is 60.2 Å². The van der Waals surface area contributed by atoms with Crippen LogP contribution in [0.25, 0.3) is 11.6 Å². The van der Waals surface area contributed by atoms with Crippen molar-refractivity contribution < 1.29 is 54.6 Å². The van der Waals surface area contributed by atoms with Crippen molar-refractivity contribution in [1.29, 1.82) is 0 Å². The third kappa shape index (κ3) is 11.4. The first-order chi connectivity index (χ1) is 30.8. The summed E-state index contributed by atoms with van der Waals surface area (Å²) < 4.78 is 114. The number of carboxylic acid groups (broad SMARTS) is 1. The highest BCUT2D eigenvalue weighted by Gasteiger charge is 2.61. The molecule has 0 aliphatic heterocycles. The molecule has 0 saturated carbocycles. The number of unbranched alkanes of at least 4 members (excludes halogenated alkanes) is 2. The topological polar surface area (TPSA) is 129 Å². The Kier molecular flexibility index (Phi) is 15.2. The molecule has 0 aliphatic rings. The van der Waals surface area contributed by atoms with Crippen LogP contribution in [0.5, 0.6) is 5.88 Å². The van der Waals surface area contributed by atoms with Gasteiger partial charge < -0.3 is 23.4 Å². The average Bonchev–Trinajstić information content (AvgIpc) is 3.76. The molecule has 344 valence electrons. The molecule has 1 unspecified atom stereocenters. The Bertz CT molecular complexity index is 2410. The van der Waals surface area contributed by atoms with E-state index in [1.165, 1.54) is 0 Å². The zero-order valence-electron chi connectivity index (χ0n) is 36.2. The Balaban J connectivity index is 1.29. The lowest BCUT2D eigenvalue weighted by Gasteiger charge is -2.44. The first-order valence-corrected chi connectivity index (χ1v) is 22.9. The number of carbonyl (C=O) groups is 1. The van der Waals surface area contributed by atoms with E-state index in [0.717, 1.165) is 10.4 Å². The van der Waals surface area contributed by atoms with E-state index < -0.39 is 80.0 Å². The quantitative estimate of drug-likeness (QED) is 0.0463. The lowest BCUT2D eigenvalue weighted by atomic mass is 9.94. The van der Waals surface area contributed by atoms with Crippen molar-refractivity contribution >= 4 is 30.5 Å². The molecule has 6 rings (SSSR count). The van der Waals surface area contributed by atoms with Crippen molar-refractivity contribution in [2.24, 2.45) is 0 Å². The van der Waals surface area contributed by atoms with Crippen LogP contribution in [0.1, 0.15) is 82.4 Å². The maximum absolute atomic E-state index is 15.7. The Morgan fingerprint density at radius 3 is 1.80 bits per heavy atom. The smallest absolute Gasteiger partial charge is 0.426 e. The molecule has 2 atom stereocenters. The molecule has 1 amide bonds. The lowest BCUT2D eigenvalue weighted by Crippen LogP contribution is -2.67. The highest BCUT2D eigenvalue weighted by Crippen LogP contribution is 2.48. The number of anilines is 1. The Hall–Kier alpha value is -6.04. The van der Waals surface area contributed by atoms with Gasteiger partial charge in [-0.3, -0.25) is 5.32 Å². The number of amides is 1. The van der Waals surface area contributed by atoms with E-state index in [1.54, 1.807) is 60.7 Å². The van der Waals surface area contributed by atoms with Gasteiger partial charge in [0.05, 0.1) is 12.3 Å². The van der Waals surface area contributed by atoms with E-state index in [9.17, 15) is 23.1 Å². The van der Waals surface area contributed by atoms with Crippen molar-refractivity contribution in [3.8, 4) is 17.5 Å². The summed E-state index contributed by atoms with van der Waals surface area (Å²) in [6.07, 6.45) is -11.7. The highest BCUT2D eigenvalue weighted by atomic mass is 28.4. The lowest BCUT2D eigenvalue weighted by molar-refractivity contribution is -0.300. The van der Waals surface area contributed by atoms with Gasteiger partial charge in [-0.2, -0.15) is 26.3 Å². The Morgan fingerprint density at radius 1 is 0.754 bits per heavy atom. The maximum atomic E-state index is 15.7. The van der Waals surface area contributed by atoms with Gasteiger partial charge in [0.1, 0.15) is 12.2 Å². The zero-order valence-corrected chi connectivity index (χ0v) is 37.2. The monoisotopic (exact) mass is 920 g/mol. The molecule has 2 heterocycles. The predicted molar refractivity (Wildman–Crippen MR) is 235 cm³/mol. The van der Waals surface area contributed by atoms with Crippen LogP contribution in [0.15, 0.2) is 132 Å². The standard InChI is InChI=1S/C48H50F6N4O6Si/c1-33(64-65(45(2,3)4,36-25-15-7-16-26-36)37-27-17-8-18-28-37)20-10-9-19-29-46(48(52,53)54,62-32-35-23-13-6-14-24-35)43-58-57-42(63-43)40-39(55-44(59)60)30-38(47(49,50)51)41(56-40)61-31-34-21-11-5-12-22-34/h5-8,11-18,21-28,30,33,55H,9-10,19-20,29,31-32H2,1-4H3,(H,59,60)/t33?,46-/m1/s1. The molecular formula is C48H50F6N4O6Si. The van der Waals surface area contributed by atoms with Gasteiger partial charge in [-0.05, 0) is 58.8 Å². The number of alkyl halides is 6. The van der Waals surface area contributed by atoms with Crippen molar-refractivity contribution in [2.75, 3.05) is 5.32 Å². The summed E-state index contributed by atoms with van der Waals surface area (Å²) in [6.45, 7) is 7.56. The molecule has 0 fully saturated rings. The number of halogens is 6. The molecule has 0 bridgehead atoms. The number of pyridine rings is 1. The van der Waals surface area contributed by atoms with E-state index in [1.807, 2.05) is 48.6 Å². The van der Waals surface area contributed by atoms with Crippen molar-refractivity contribution in [3.63, 3.8) is 0 Å². The van der Waals surface area contributed by atoms with Crippen LogP contribution in [0, 0.1) is 0 Å². The second kappa shape index (κ2) is 20.4. The van der Waals surface area contributed by atoms with Crippen LogP contribution in [-0.4, -0.2) is 47.0 Å². The second-order valence-electron chi connectivity index (χ2n) is 16.6.